The number of carbonyl (C=O) groups excluding carboxylic acids is 1. The predicted molar refractivity (Wildman–Crippen MR) is 69.3 cm³/mol. The zero-order valence-corrected chi connectivity index (χ0v) is 11.3. The third-order valence-electron chi connectivity index (χ3n) is 3.46. The van der Waals surface area contributed by atoms with Gasteiger partial charge in [-0.2, -0.15) is 0 Å². The molecule has 18 heavy (non-hydrogen) atoms. The summed E-state index contributed by atoms with van der Waals surface area (Å²) in [6.45, 7) is 6.19. The first-order valence-corrected chi connectivity index (χ1v) is 6.78. The van der Waals surface area contributed by atoms with Crippen LogP contribution in [0.2, 0.25) is 0 Å². The van der Waals surface area contributed by atoms with Crippen LogP contribution in [0, 0.1) is 5.92 Å². The Morgan fingerprint density at radius 2 is 2.06 bits per heavy atom. The average molecular weight is 256 g/mol. The van der Waals surface area contributed by atoms with Gasteiger partial charge in [-0.15, -0.1) is 0 Å². The van der Waals surface area contributed by atoms with E-state index in [2.05, 4.69) is 12.2 Å². The summed E-state index contributed by atoms with van der Waals surface area (Å²) in [5, 5.41) is 11.6. The Balaban J connectivity index is 2.15. The maximum Gasteiger partial charge on any atom is 0.303 e. The minimum atomic E-state index is -0.753. The van der Waals surface area contributed by atoms with E-state index in [0.717, 1.165) is 38.9 Å². The predicted octanol–water partition coefficient (Wildman–Crippen LogP) is 1.09. The zero-order valence-electron chi connectivity index (χ0n) is 11.3. The van der Waals surface area contributed by atoms with E-state index in [1.807, 2.05) is 11.8 Å². The number of rotatable bonds is 8. The summed E-state index contributed by atoms with van der Waals surface area (Å²) in [5.41, 5.74) is 0. The third kappa shape index (κ3) is 4.64. The lowest BCUT2D eigenvalue weighted by Crippen LogP contribution is -2.56. The van der Waals surface area contributed by atoms with Gasteiger partial charge < -0.3 is 10.4 Å². The van der Waals surface area contributed by atoms with Crippen LogP contribution in [-0.4, -0.2) is 47.6 Å². The van der Waals surface area contributed by atoms with Gasteiger partial charge in [0.1, 0.15) is 0 Å². The summed E-state index contributed by atoms with van der Waals surface area (Å²) in [6, 6.07) is -0.142. The standard InChI is InChI=1S/C13H24N2O3/c1-3-4-5-6-14-13(18)10(2)15-8-11(9-15)7-12(16)17/h10-11H,3-9H2,1-2H3,(H,14,18)(H,16,17). The Kier molecular flexibility index (Phi) is 6.12. The lowest BCUT2D eigenvalue weighted by Gasteiger charge is -2.41. The molecule has 1 saturated heterocycles. The van der Waals surface area contributed by atoms with Gasteiger partial charge in [0.15, 0.2) is 0 Å². The van der Waals surface area contributed by atoms with Gasteiger partial charge >= 0.3 is 5.97 Å². The molecule has 0 aromatic carbocycles. The molecule has 1 unspecified atom stereocenters. The van der Waals surface area contributed by atoms with Gasteiger partial charge in [-0.3, -0.25) is 14.5 Å². The van der Waals surface area contributed by atoms with E-state index >= 15 is 0 Å². The van der Waals surface area contributed by atoms with E-state index in [9.17, 15) is 9.59 Å². The minimum Gasteiger partial charge on any atom is -0.481 e. The Morgan fingerprint density at radius 1 is 1.39 bits per heavy atom. The van der Waals surface area contributed by atoms with Crippen molar-refractivity contribution in [2.24, 2.45) is 5.92 Å². The van der Waals surface area contributed by atoms with Crippen molar-refractivity contribution in [1.29, 1.82) is 0 Å². The number of hydrogen-bond acceptors (Lipinski definition) is 3. The molecule has 1 heterocycles. The molecule has 1 amide bonds. The maximum absolute atomic E-state index is 11.8. The number of carboxylic acid groups (broad SMARTS) is 1. The molecule has 5 heteroatoms. The van der Waals surface area contributed by atoms with Gasteiger partial charge in [0.25, 0.3) is 0 Å². The first kappa shape index (κ1) is 15.0. The van der Waals surface area contributed by atoms with Crippen LogP contribution in [0.4, 0.5) is 0 Å². The first-order valence-electron chi connectivity index (χ1n) is 6.78. The van der Waals surface area contributed by atoms with Crippen molar-refractivity contribution < 1.29 is 14.7 Å². The lowest BCUT2D eigenvalue weighted by molar-refractivity contribution is -0.140. The SMILES string of the molecule is CCCCCNC(=O)C(C)N1CC(CC(=O)O)C1. The molecule has 1 atom stereocenters. The number of amides is 1. The molecule has 1 aliphatic heterocycles. The molecular weight excluding hydrogens is 232 g/mol. The van der Waals surface area contributed by atoms with Crippen LogP contribution in [0.5, 0.6) is 0 Å². The van der Waals surface area contributed by atoms with Crippen molar-refractivity contribution in [3.63, 3.8) is 0 Å². The van der Waals surface area contributed by atoms with Crippen molar-refractivity contribution >= 4 is 11.9 Å². The summed E-state index contributed by atoms with van der Waals surface area (Å²) in [7, 11) is 0. The monoisotopic (exact) mass is 256 g/mol. The molecule has 1 aliphatic rings. The molecule has 104 valence electrons. The largest absolute Gasteiger partial charge is 0.481 e. The lowest BCUT2D eigenvalue weighted by atomic mass is 9.94. The Morgan fingerprint density at radius 3 is 2.61 bits per heavy atom. The number of hydrogen-bond donors (Lipinski definition) is 2. The van der Waals surface area contributed by atoms with E-state index < -0.39 is 5.97 Å². The van der Waals surface area contributed by atoms with Crippen molar-refractivity contribution in [2.45, 2.75) is 45.6 Å². The van der Waals surface area contributed by atoms with Gasteiger partial charge in [0.2, 0.25) is 5.91 Å². The molecule has 5 nitrogen and oxygen atoms in total. The summed E-state index contributed by atoms with van der Waals surface area (Å²) in [4.78, 5) is 24.3. The number of nitrogens with one attached hydrogen (secondary N) is 1. The molecule has 0 spiro atoms. The van der Waals surface area contributed by atoms with Crippen LogP contribution in [0.15, 0.2) is 0 Å². The van der Waals surface area contributed by atoms with Crippen LogP contribution < -0.4 is 5.32 Å². The van der Waals surface area contributed by atoms with Gasteiger partial charge in [-0.25, -0.2) is 0 Å². The summed E-state index contributed by atoms with van der Waals surface area (Å²) >= 11 is 0. The quantitative estimate of drug-likeness (QED) is 0.638. The van der Waals surface area contributed by atoms with E-state index in [1.165, 1.54) is 0 Å². The highest BCUT2D eigenvalue weighted by molar-refractivity contribution is 5.81. The summed E-state index contributed by atoms with van der Waals surface area (Å²) < 4.78 is 0. The van der Waals surface area contributed by atoms with Gasteiger partial charge in [0, 0.05) is 19.6 Å². The molecule has 0 bridgehead atoms. The fraction of sp³-hybridized carbons (Fsp3) is 0.846. The highest BCUT2D eigenvalue weighted by Crippen LogP contribution is 2.21. The van der Waals surface area contributed by atoms with Gasteiger partial charge in [-0.05, 0) is 19.3 Å². The molecule has 2 N–H and O–H groups in total. The van der Waals surface area contributed by atoms with Crippen molar-refractivity contribution in [3.05, 3.63) is 0 Å². The highest BCUT2D eigenvalue weighted by Gasteiger charge is 2.34. The summed E-state index contributed by atoms with van der Waals surface area (Å²) in [6.07, 6.45) is 3.52. The van der Waals surface area contributed by atoms with E-state index in [0.29, 0.717) is 0 Å². The molecule has 1 fully saturated rings. The second-order valence-electron chi connectivity index (χ2n) is 5.09. The Bertz CT molecular complexity index is 288. The van der Waals surface area contributed by atoms with Gasteiger partial charge in [0.05, 0.1) is 12.5 Å². The fourth-order valence-corrected chi connectivity index (χ4v) is 2.20. The second kappa shape index (κ2) is 7.36. The molecule has 0 aromatic heterocycles. The van der Waals surface area contributed by atoms with Crippen LogP contribution in [0.1, 0.15) is 39.5 Å². The Labute approximate surface area is 109 Å². The second-order valence-corrected chi connectivity index (χ2v) is 5.09. The van der Waals surface area contributed by atoms with E-state index in [1.54, 1.807) is 0 Å². The molecule has 0 radical (unpaired) electrons. The topological polar surface area (TPSA) is 69.6 Å². The zero-order chi connectivity index (χ0) is 13.5. The molecule has 1 rings (SSSR count). The number of likely N-dealkylation sites (tertiary alicyclic amines) is 1. The third-order valence-corrected chi connectivity index (χ3v) is 3.46. The summed E-state index contributed by atoms with van der Waals surface area (Å²) in [5.74, 6) is -0.492. The number of aliphatic carboxylic acids is 1. The van der Waals surface area contributed by atoms with Crippen LogP contribution in [-0.2, 0) is 9.59 Å². The molecule has 0 saturated carbocycles. The molecular formula is C13H24N2O3. The number of unbranched alkanes of at least 4 members (excludes halogenated alkanes) is 2. The normalized spacial score (nSPS) is 18.1. The van der Waals surface area contributed by atoms with Crippen LogP contribution in [0.3, 0.4) is 0 Å². The van der Waals surface area contributed by atoms with Crippen molar-refractivity contribution in [3.8, 4) is 0 Å². The Hall–Kier alpha value is -1.10. The molecule has 0 aliphatic carbocycles. The van der Waals surface area contributed by atoms with E-state index in [-0.39, 0.29) is 24.3 Å². The average Bonchev–Trinajstić information content (AvgIpc) is 2.27. The van der Waals surface area contributed by atoms with Gasteiger partial charge in [-0.1, -0.05) is 19.8 Å². The number of carboxylic acids is 1. The highest BCUT2D eigenvalue weighted by atomic mass is 16.4. The van der Waals surface area contributed by atoms with Crippen LogP contribution in [0.25, 0.3) is 0 Å². The van der Waals surface area contributed by atoms with Crippen LogP contribution >= 0.6 is 0 Å². The maximum atomic E-state index is 11.8. The van der Waals surface area contributed by atoms with Crippen molar-refractivity contribution in [2.75, 3.05) is 19.6 Å². The number of carbonyl (C=O) groups is 2. The first-order chi connectivity index (χ1) is 8.54. The molecule has 0 aromatic rings. The fourth-order valence-electron chi connectivity index (χ4n) is 2.20. The minimum absolute atomic E-state index is 0.0554. The van der Waals surface area contributed by atoms with E-state index in [4.69, 9.17) is 5.11 Å². The number of nitrogens with zero attached hydrogens (tertiary/aromatic N) is 1. The van der Waals surface area contributed by atoms with Crippen molar-refractivity contribution in [1.82, 2.24) is 10.2 Å². The smallest absolute Gasteiger partial charge is 0.303 e.